The Morgan fingerprint density at radius 2 is 2.10 bits per heavy atom. The molecule has 1 atom stereocenters. The van der Waals surface area contributed by atoms with Gasteiger partial charge in [0.1, 0.15) is 10.7 Å². The first-order valence-electron chi connectivity index (χ1n) is 6.58. The first-order valence-corrected chi connectivity index (χ1v) is 8.13. The summed E-state index contributed by atoms with van der Waals surface area (Å²) in [5, 5.41) is 4.84. The van der Waals surface area contributed by atoms with Crippen molar-refractivity contribution >= 4 is 15.9 Å². The van der Waals surface area contributed by atoms with Crippen LogP contribution in [0.1, 0.15) is 36.5 Å². The van der Waals surface area contributed by atoms with E-state index in [9.17, 15) is 22.0 Å². The van der Waals surface area contributed by atoms with Crippen molar-refractivity contribution in [3.8, 4) is 0 Å². The van der Waals surface area contributed by atoms with Gasteiger partial charge in [-0.25, -0.2) is 22.3 Å². The molecule has 0 saturated carbocycles. The Balaban J connectivity index is 2.49. The Labute approximate surface area is 121 Å². The minimum Gasteiger partial charge on any atom is -0.336 e. The maximum atomic E-state index is 14.2. The fourth-order valence-electron chi connectivity index (χ4n) is 2.61. The van der Waals surface area contributed by atoms with Gasteiger partial charge >= 0.3 is 0 Å². The molecule has 1 aliphatic heterocycles. The number of primary sulfonamides is 1. The van der Waals surface area contributed by atoms with Crippen LogP contribution in [0.5, 0.6) is 0 Å². The fraction of sp³-hybridized carbons (Fsp3) is 0.462. The van der Waals surface area contributed by atoms with Crippen LogP contribution in [0.4, 0.5) is 8.78 Å². The van der Waals surface area contributed by atoms with Crippen LogP contribution >= 0.6 is 0 Å². The van der Waals surface area contributed by atoms with Crippen molar-refractivity contribution in [1.82, 2.24) is 4.90 Å². The van der Waals surface area contributed by atoms with E-state index in [0.29, 0.717) is 25.1 Å². The Morgan fingerprint density at radius 3 is 2.67 bits per heavy atom. The minimum atomic E-state index is -4.44. The van der Waals surface area contributed by atoms with Gasteiger partial charge in [-0.2, -0.15) is 0 Å². The molecule has 2 rings (SSSR count). The molecule has 0 aromatic heterocycles. The van der Waals surface area contributed by atoms with Gasteiger partial charge in [-0.15, -0.1) is 0 Å². The minimum absolute atomic E-state index is 0.0434. The molecule has 1 aromatic carbocycles. The van der Waals surface area contributed by atoms with E-state index in [1.807, 2.05) is 6.92 Å². The van der Waals surface area contributed by atoms with Crippen molar-refractivity contribution in [2.75, 3.05) is 6.54 Å². The van der Waals surface area contributed by atoms with E-state index in [4.69, 9.17) is 5.14 Å². The summed E-state index contributed by atoms with van der Waals surface area (Å²) in [6, 6.07) is 1.14. The van der Waals surface area contributed by atoms with Crippen LogP contribution in [-0.4, -0.2) is 31.8 Å². The van der Waals surface area contributed by atoms with Crippen LogP contribution in [0.2, 0.25) is 0 Å². The topological polar surface area (TPSA) is 80.5 Å². The molecular formula is C13H16F2N2O3S. The summed E-state index contributed by atoms with van der Waals surface area (Å²) in [5.74, 6) is -3.03. The number of amides is 1. The van der Waals surface area contributed by atoms with Crippen LogP contribution in [-0.2, 0) is 10.0 Å². The highest BCUT2D eigenvalue weighted by atomic mass is 32.2. The lowest BCUT2D eigenvalue weighted by Crippen LogP contribution is -2.36. The molecule has 5 nitrogen and oxygen atoms in total. The number of carbonyl (C=O) groups is 1. The number of halogens is 2. The third-order valence-electron chi connectivity index (χ3n) is 3.65. The van der Waals surface area contributed by atoms with Crippen molar-refractivity contribution in [3.05, 3.63) is 29.3 Å². The molecule has 1 amide bonds. The van der Waals surface area contributed by atoms with Crippen molar-refractivity contribution in [3.63, 3.8) is 0 Å². The number of rotatable bonds is 3. The lowest BCUT2D eigenvalue weighted by molar-refractivity contribution is 0.0727. The SMILES string of the molecule is CCC1CCCN1C(=O)c1cc(F)cc(S(N)(=O)=O)c1F. The van der Waals surface area contributed by atoms with Crippen molar-refractivity contribution < 1.29 is 22.0 Å². The molecule has 0 spiro atoms. The number of nitrogens with zero attached hydrogens (tertiary/aromatic N) is 1. The molecule has 116 valence electrons. The molecule has 0 bridgehead atoms. The van der Waals surface area contributed by atoms with Crippen molar-refractivity contribution in [1.29, 1.82) is 0 Å². The first-order chi connectivity index (χ1) is 9.75. The Kier molecular flexibility index (Phi) is 4.29. The summed E-state index contributed by atoms with van der Waals surface area (Å²) in [6.07, 6.45) is 2.27. The lowest BCUT2D eigenvalue weighted by atomic mass is 10.1. The zero-order valence-electron chi connectivity index (χ0n) is 11.5. The number of likely N-dealkylation sites (tertiary alicyclic amines) is 1. The molecule has 1 aromatic rings. The molecule has 8 heteroatoms. The van der Waals surface area contributed by atoms with Gasteiger partial charge in [0.2, 0.25) is 10.0 Å². The van der Waals surface area contributed by atoms with Gasteiger partial charge in [0.15, 0.2) is 5.82 Å². The smallest absolute Gasteiger partial charge is 0.257 e. The molecule has 1 saturated heterocycles. The van der Waals surface area contributed by atoms with Crippen molar-refractivity contribution in [2.24, 2.45) is 5.14 Å². The molecule has 1 unspecified atom stereocenters. The van der Waals surface area contributed by atoms with Gasteiger partial charge < -0.3 is 4.90 Å². The van der Waals surface area contributed by atoms with E-state index < -0.39 is 38.0 Å². The average Bonchev–Trinajstić information content (AvgIpc) is 2.87. The van der Waals surface area contributed by atoms with Gasteiger partial charge in [-0.1, -0.05) is 6.92 Å². The maximum Gasteiger partial charge on any atom is 0.257 e. The number of nitrogens with two attached hydrogens (primary N) is 1. The van der Waals surface area contributed by atoms with E-state index in [-0.39, 0.29) is 6.04 Å². The number of sulfonamides is 1. The molecule has 1 aliphatic rings. The first kappa shape index (κ1) is 15.8. The zero-order chi connectivity index (χ0) is 15.8. The maximum absolute atomic E-state index is 14.2. The van der Waals surface area contributed by atoms with Gasteiger partial charge in [0, 0.05) is 12.6 Å². The molecule has 21 heavy (non-hydrogen) atoms. The molecule has 1 fully saturated rings. The molecule has 2 N–H and O–H groups in total. The molecule has 0 radical (unpaired) electrons. The summed E-state index contributed by atoms with van der Waals surface area (Å²) in [7, 11) is -4.44. The molecule has 1 heterocycles. The predicted molar refractivity (Wildman–Crippen MR) is 72.1 cm³/mol. The average molecular weight is 318 g/mol. The van der Waals surface area contributed by atoms with Crippen molar-refractivity contribution in [2.45, 2.75) is 37.1 Å². The Bertz CT molecular complexity index is 676. The second-order valence-electron chi connectivity index (χ2n) is 5.01. The van der Waals surface area contributed by atoms with E-state index in [2.05, 4.69) is 0 Å². The fourth-order valence-corrected chi connectivity index (χ4v) is 3.25. The Morgan fingerprint density at radius 1 is 1.43 bits per heavy atom. The summed E-state index contributed by atoms with van der Waals surface area (Å²) < 4.78 is 50.3. The standard InChI is InChI=1S/C13H16F2N2O3S/c1-2-9-4-3-5-17(9)13(18)10-6-8(14)7-11(12(10)15)21(16,19)20/h6-7,9H,2-5H2,1H3,(H2,16,19,20). The van der Waals surface area contributed by atoms with Crippen LogP contribution in [0, 0.1) is 11.6 Å². The van der Waals surface area contributed by atoms with Crippen LogP contribution in [0.25, 0.3) is 0 Å². The predicted octanol–water partition coefficient (Wildman–Crippen LogP) is 1.63. The van der Waals surface area contributed by atoms with Gasteiger partial charge in [-0.3, -0.25) is 4.79 Å². The largest absolute Gasteiger partial charge is 0.336 e. The number of hydrogen-bond acceptors (Lipinski definition) is 3. The number of carbonyl (C=O) groups excluding carboxylic acids is 1. The lowest BCUT2D eigenvalue weighted by Gasteiger charge is -2.24. The quantitative estimate of drug-likeness (QED) is 0.919. The van der Waals surface area contributed by atoms with E-state index >= 15 is 0 Å². The van der Waals surface area contributed by atoms with E-state index in [1.54, 1.807) is 0 Å². The van der Waals surface area contributed by atoms with Crippen LogP contribution in [0.15, 0.2) is 17.0 Å². The summed E-state index contributed by atoms with van der Waals surface area (Å²) in [4.78, 5) is 12.8. The number of hydrogen-bond donors (Lipinski definition) is 1. The normalized spacial score (nSPS) is 19.0. The van der Waals surface area contributed by atoms with E-state index in [0.717, 1.165) is 12.8 Å². The highest BCUT2D eigenvalue weighted by Gasteiger charge is 2.31. The highest BCUT2D eigenvalue weighted by Crippen LogP contribution is 2.26. The number of benzene rings is 1. The molecule has 0 aliphatic carbocycles. The van der Waals surface area contributed by atoms with Gasteiger partial charge in [0.25, 0.3) is 5.91 Å². The Hall–Kier alpha value is -1.54. The third-order valence-corrected chi connectivity index (χ3v) is 4.56. The summed E-state index contributed by atoms with van der Waals surface area (Å²) >= 11 is 0. The summed E-state index contributed by atoms with van der Waals surface area (Å²) in [6.45, 7) is 2.34. The van der Waals surface area contributed by atoms with Gasteiger partial charge in [-0.05, 0) is 31.4 Å². The highest BCUT2D eigenvalue weighted by molar-refractivity contribution is 7.89. The second kappa shape index (κ2) is 5.69. The van der Waals surface area contributed by atoms with E-state index in [1.165, 1.54) is 4.90 Å². The molecular weight excluding hydrogens is 302 g/mol. The van der Waals surface area contributed by atoms with Crippen LogP contribution in [0.3, 0.4) is 0 Å². The monoisotopic (exact) mass is 318 g/mol. The van der Waals surface area contributed by atoms with Crippen LogP contribution < -0.4 is 5.14 Å². The second-order valence-corrected chi connectivity index (χ2v) is 6.54. The van der Waals surface area contributed by atoms with Gasteiger partial charge in [0.05, 0.1) is 5.56 Å². The zero-order valence-corrected chi connectivity index (χ0v) is 12.3. The summed E-state index contributed by atoms with van der Waals surface area (Å²) in [5.41, 5.74) is -0.598. The third kappa shape index (κ3) is 3.06.